The van der Waals surface area contributed by atoms with Crippen LogP contribution in [0.3, 0.4) is 0 Å². The van der Waals surface area contributed by atoms with Gasteiger partial charge in [0.15, 0.2) is 0 Å². The van der Waals surface area contributed by atoms with Gasteiger partial charge in [0.1, 0.15) is 0 Å². The zero-order valence-corrected chi connectivity index (χ0v) is 14.0. The van der Waals surface area contributed by atoms with Crippen molar-refractivity contribution in [1.29, 1.82) is 0 Å². The van der Waals surface area contributed by atoms with Gasteiger partial charge in [0.05, 0.1) is 11.8 Å². The van der Waals surface area contributed by atoms with E-state index in [0.29, 0.717) is 12.5 Å². The molecule has 1 N–H and O–H groups in total. The molecule has 0 aromatic carbocycles. The summed E-state index contributed by atoms with van der Waals surface area (Å²) in [5.41, 5.74) is 0.797. The minimum Gasteiger partial charge on any atom is -0.391 e. The quantitative estimate of drug-likeness (QED) is 0.907. The number of aliphatic hydroxyl groups excluding tert-OH is 1. The average molecular weight is 293 g/mol. The van der Waals surface area contributed by atoms with Crippen LogP contribution in [0.1, 0.15) is 65.1 Å². The molecule has 1 saturated heterocycles. The molecule has 0 aliphatic carbocycles. The van der Waals surface area contributed by atoms with E-state index < -0.39 is 0 Å². The first-order chi connectivity index (χ1) is 9.91. The third kappa shape index (κ3) is 4.07. The second kappa shape index (κ2) is 6.93. The monoisotopic (exact) mass is 293 g/mol. The van der Waals surface area contributed by atoms with Crippen molar-refractivity contribution in [2.45, 2.75) is 77.5 Å². The van der Waals surface area contributed by atoms with E-state index in [1.165, 1.54) is 25.7 Å². The van der Waals surface area contributed by atoms with Gasteiger partial charge >= 0.3 is 0 Å². The Morgan fingerprint density at radius 1 is 1.19 bits per heavy atom. The van der Waals surface area contributed by atoms with Crippen LogP contribution in [-0.2, 0) is 6.42 Å². The van der Waals surface area contributed by atoms with E-state index in [2.05, 4.69) is 37.7 Å². The lowest BCUT2D eigenvalue weighted by Gasteiger charge is -2.41. The van der Waals surface area contributed by atoms with Crippen molar-refractivity contribution in [3.63, 3.8) is 0 Å². The number of likely N-dealkylation sites (tertiary alicyclic amines) is 1. The van der Waals surface area contributed by atoms with E-state index in [1.54, 1.807) is 0 Å². The highest BCUT2D eigenvalue weighted by Crippen LogP contribution is 2.25. The molecular formula is C17H31N3O. The Kier molecular flexibility index (Phi) is 5.44. The van der Waals surface area contributed by atoms with Crippen molar-refractivity contribution >= 4 is 0 Å². The first-order valence-corrected chi connectivity index (χ1v) is 8.38. The fraction of sp³-hybridized carbons (Fsp3) is 0.824. The van der Waals surface area contributed by atoms with Crippen molar-refractivity contribution in [3.8, 4) is 0 Å². The molecule has 4 nitrogen and oxygen atoms in total. The predicted molar refractivity (Wildman–Crippen MR) is 86.4 cm³/mol. The Morgan fingerprint density at radius 2 is 1.81 bits per heavy atom. The van der Waals surface area contributed by atoms with Gasteiger partial charge < -0.3 is 5.11 Å². The summed E-state index contributed by atoms with van der Waals surface area (Å²) in [7, 11) is 0. The SMILES string of the molecule is CC(C)n1ccc(CC(O)C(C)(C)N2CCCCCC2)n1. The molecule has 1 aromatic rings. The summed E-state index contributed by atoms with van der Waals surface area (Å²) in [5, 5.41) is 15.3. The van der Waals surface area contributed by atoms with E-state index in [9.17, 15) is 5.11 Å². The molecule has 21 heavy (non-hydrogen) atoms. The van der Waals surface area contributed by atoms with Gasteiger partial charge in [0.2, 0.25) is 0 Å². The Morgan fingerprint density at radius 3 is 2.33 bits per heavy atom. The van der Waals surface area contributed by atoms with Crippen LogP contribution in [0.25, 0.3) is 0 Å². The lowest BCUT2D eigenvalue weighted by atomic mass is 9.91. The van der Waals surface area contributed by atoms with Crippen LogP contribution in [0.15, 0.2) is 12.3 Å². The highest BCUT2D eigenvalue weighted by Gasteiger charge is 2.34. The topological polar surface area (TPSA) is 41.3 Å². The lowest BCUT2D eigenvalue weighted by Crippen LogP contribution is -2.53. The van der Waals surface area contributed by atoms with Crippen LogP contribution < -0.4 is 0 Å². The second-order valence-electron chi connectivity index (χ2n) is 7.16. The van der Waals surface area contributed by atoms with E-state index in [0.717, 1.165) is 18.8 Å². The van der Waals surface area contributed by atoms with Crippen molar-refractivity contribution < 1.29 is 5.11 Å². The molecule has 0 spiro atoms. The second-order valence-corrected chi connectivity index (χ2v) is 7.16. The summed E-state index contributed by atoms with van der Waals surface area (Å²) in [5.74, 6) is 0. The van der Waals surface area contributed by atoms with Gasteiger partial charge in [-0.3, -0.25) is 9.58 Å². The van der Waals surface area contributed by atoms with Crippen LogP contribution in [0.5, 0.6) is 0 Å². The van der Waals surface area contributed by atoms with Crippen molar-refractivity contribution in [2.24, 2.45) is 0 Å². The number of aromatic nitrogens is 2. The maximum Gasteiger partial charge on any atom is 0.0774 e. The van der Waals surface area contributed by atoms with E-state index in [-0.39, 0.29) is 11.6 Å². The third-order valence-electron chi connectivity index (χ3n) is 4.83. The fourth-order valence-corrected chi connectivity index (χ4v) is 3.08. The van der Waals surface area contributed by atoms with Crippen molar-refractivity contribution in [3.05, 3.63) is 18.0 Å². The van der Waals surface area contributed by atoms with Crippen LogP contribution in [0, 0.1) is 0 Å². The normalized spacial score (nSPS) is 19.7. The largest absolute Gasteiger partial charge is 0.391 e. The van der Waals surface area contributed by atoms with Gasteiger partial charge in [0.25, 0.3) is 0 Å². The number of hydrogen-bond acceptors (Lipinski definition) is 3. The Balaban J connectivity index is 2.00. The van der Waals surface area contributed by atoms with Crippen molar-refractivity contribution in [2.75, 3.05) is 13.1 Å². The van der Waals surface area contributed by atoms with Gasteiger partial charge in [-0.2, -0.15) is 5.10 Å². The summed E-state index contributed by atoms with van der Waals surface area (Å²) in [6, 6.07) is 2.40. The summed E-state index contributed by atoms with van der Waals surface area (Å²) in [6.45, 7) is 10.8. The van der Waals surface area contributed by atoms with Crippen LogP contribution in [0.4, 0.5) is 0 Å². The lowest BCUT2D eigenvalue weighted by molar-refractivity contribution is -0.00841. The summed E-state index contributed by atoms with van der Waals surface area (Å²) in [4.78, 5) is 2.46. The molecule has 2 rings (SSSR count). The van der Waals surface area contributed by atoms with Gasteiger partial charge in [0, 0.05) is 24.2 Å². The number of hydrogen-bond donors (Lipinski definition) is 1. The molecule has 0 saturated carbocycles. The highest BCUT2D eigenvalue weighted by atomic mass is 16.3. The van der Waals surface area contributed by atoms with Crippen LogP contribution >= 0.6 is 0 Å². The standard InChI is InChI=1S/C17H31N3O/c1-14(2)20-12-9-15(18-20)13-16(21)17(3,4)19-10-7-5-6-8-11-19/h9,12,14,16,21H,5-8,10-11,13H2,1-4H3. The molecule has 0 amide bonds. The highest BCUT2D eigenvalue weighted by molar-refractivity contribution is 5.04. The Bertz CT molecular complexity index is 431. The maximum absolute atomic E-state index is 10.7. The summed E-state index contributed by atoms with van der Waals surface area (Å²) in [6.07, 6.45) is 7.39. The number of aliphatic hydroxyl groups is 1. The molecule has 1 atom stereocenters. The fourth-order valence-electron chi connectivity index (χ4n) is 3.08. The smallest absolute Gasteiger partial charge is 0.0774 e. The molecule has 0 bridgehead atoms. The molecule has 1 aromatic heterocycles. The maximum atomic E-state index is 10.7. The minimum atomic E-state index is -0.383. The molecule has 0 radical (unpaired) electrons. The Hall–Kier alpha value is -0.870. The van der Waals surface area contributed by atoms with E-state index in [1.807, 2.05) is 16.9 Å². The third-order valence-corrected chi connectivity index (χ3v) is 4.83. The molecule has 2 heterocycles. The van der Waals surface area contributed by atoms with Gasteiger partial charge in [-0.05, 0) is 59.7 Å². The summed E-state index contributed by atoms with van der Waals surface area (Å²) < 4.78 is 1.96. The molecule has 1 fully saturated rings. The predicted octanol–water partition coefficient (Wildman–Crippen LogP) is 3.02. The van der Waals surface area contributed by atoms with Crippen LogP contribution in [-0.4, -0.2) is 44.5 Å². The van der Waals surface area contributed by atoms with E-state index in [4.69, 9.17) is 0 Å². The molecule has 1 aliphatic rings. The number of nitrogens with zero attached hydrogens (tertiary/aromatic N) is 3. The number of rotatable bonds is 5. The van der Waals surface area contributed by atoms with Gasteiger partial charge in [-0.15, -0.1) is 0 Å². The van der Waals surface area contributed by atoms with Crippen molar-refractivity contribution in [1.82, 2.24) is 14.7 Å². The average Bonchev–Trinajstić information content (AvgIpc) is 2.72. The molecule has 120 valence electrons. The summed E-state index contributed by atoms with van der Waals surface area (Å²) >= 11 is 0. The van der Waals surface area contributed by atoms with Gasteiger partial charge in [-0.25, -0.2) is 0 Å². The zero-order chi connectivity index (χ0) is 15.5. The Labute approximate surface area is 129 Å². The molecule has 1 unspecified atom stereocenters. The first-order valence-electron chi connectivity index (χ1n) is 8.38. The van der Waals surface area contributed by atoms with E-state index >= 15 is 0 Å². The van der Waals surface area contributed by atoms with Gasteiger partial charge in [-0.1, -0.05) is 12.8 Å². The first kappa shape index (κ1) is 16.5. The molecule has 4 heteroatoms. The van der Waals surface area contributed by atoms with Crippen LogP contribution in [0.2, 0.25) is 0 Å². The molecule has 1 aliphatic heterocycles. The zero-order valence-electron chi connectivity index (χ0n) is 14.0. The molecular weight excluding hydrogens is 262 g/mol. The minimum absolute atomic E-state index is 0.189.